The Bertz CT molecular complexity index is 467. The van der Waals surface area contributed by atoms with Crippen LogP contribution in [0.1, 0.15) is 25.7 Å². The van der Waals surface area contributed by atoms with Crippen LogP contribution in [0.15, 0.2) is 29.2 Å². The van der Waals surface area contributed by atoms with Gasteiger partial charge in [0.15, 0.2) is 0 Å². The molecule has 0 bridgehead atoms. The van der Waals surface area contributed by atoms with Gasteiger partial charge in [-0.15, -0.1) is 0 Å². The summed E-state index contributed by atoms with van der Waals surface area (Å²) in [6.07, 6.45) is 4.06. The molecule has 0 radical (unpaired) electrons. The van der Waals surface area contributed by atoms with E-state index in [1.54, 1.807) is 18.2 Å². The highest BCUT2D eigenvalue weighted by molar-refractivity contribution is 7.89. The van der Waals surface area contributed by atoms with Gasteiger partial charge in [0.2, 0.25) is 10.0 Å². The molecule has 16 heavy (non-hydrogen) atoms. The second-order valence-electron chi connectivity index (χ2n) is 4.06. The summed E-state index contributed by atoms with van der Waals surface area (Å²) in [5.74, 6) is 0. The second-order valence-corrected chi connectivity index (χ2v) is 6.21. The van der Waals surface area contributed by atoms with Crippen LogP contribution in [-0.2, 0) is 10.0 Å². The largest absolute Gasteiger partial charge is 0.240 e. The van der Waals surface area contributed by atoms with E-state index < -0.39 is 10.0 Å². The number of rotatable bonds is 3. The van der Waals surface area contributed by atoms with Crippen molar-refractivity contribution in [2.75, 3.05) is 0 Å². The summed E-state index contributed by atoms with van der Waals surface area (Å²) < 4.78 is 26.7. The summed E-state index contributed by atoms with van der Waals surface area (Å²) in [5.41, 5.74) is 0. The first-order chi connectivity index (χ1) is 7.58. The minimum Gasteiger partial charge on any atom is -0.208 e. The molecule has 1 N–H and O–H groups in total. The van der Waals surface area contributed by atoms with E-state index in [4.69, 9.17) is 11.6 Å². The van der Waals surface area contributed by atoms with Gasteiger partial charge in [0.25, 0.3) is 0 Å². The van der Waals surface area contributed by atoms with Crippen LogP contribution in [0.4, 0.5) is 0 Å². The van der Waals surface area contributed by atoms with E-state index in [1.165, 1.54) is 6.07 Å². The lowest BCUT2D eigenvalue weighted by atomic mass is 10.3. The van der Waals surface area contributed by atoms with Gasteiger partial charge in [0.05, 0.1) is 4.90 Å². The lowest BCUT2D eigenvalue weighted by molar-refractivity contribution is 0.552. The predicted molar refractivity (Wildman–Crippen MR) is 64.0 cm³/mol. The maximum absolute atomic E-state index is 12.0. The van der Waals surface area contributed by atoms with Crippen molar-refractivity contribution in [3.63, 3.8) is 0 Å². The van der Waals surface area contributed by atoms with Gasteiger partial charge >= 0.3 is 0 Å². The van der Waals surface area contributed by atoms with E-state index in [0.717, 1.165) is 25.7 Å². The van der Waals surface area contributed by atoms with Gasteiger partial charge in [0, 0.05) is 11.1 Å². The van der Waals surface area contributed by atoms with Crippen LogP contribution < -0.4 is 4.72 Å². The zero-order valence-corrected chi connectivity index (χ0v) is 10.4. The molecule has 5 heteroatoms. The predicted octanol–water partition coefficient (Wildman–Crippen LogP) is 2.56. The number of nitrogens with one attached hydrogen (secondary N) is 1. The summed E-state index contributed by atoms with van der Waals surface area (Å²) in [4.78, 5) is 0.243. The van der Waals surface area contributed by atoms with Crippen LogP contribution in [0, 0.1) is 0 Å². The molecule has 0 unspecified atom stereocenters. The van der Waals surface area contributed by atoms with Crippen LogP contribution in [-0.4, -0.2) is 14.5 Å². The van der Waals surface area contributed by atoms with Crippen molar-refractivity contribution >= 4 is 21.6 Å². The van der Waals surface area contributed by atoms with E-state index in [0.29, 0.717) is 5.02 Å². The maximum atomic E-state index is 12.0. The Balaban J connectivity index is 2.18. The zero-order valence-electron chi connectivity index (χ0n) is 8.82. The number of sulfonamides is 1. The molecule has 88 valence electrons. The number of hydrogen-bond acceptors (Lipinski definition) is 2. The summed E-state index contributed by atoms with van der Waals surface area (Å²) >= 11 is 5.78. The fourth-order valence-corrected chi connectivity index (χ4v) is 3.57. The zero-order chi connectivity index (χ0) is 11.6. The van der Waals surface area contributed by atoms with Crippen LogP contribution >= 0.6 is 11.6 Å². The number of halogens is 1. The summed E-state index contributed by atoms with van der Waals surface area (Å²) in [7, 11) is -3.40. The van der Waals surface area contributed by atoms with Crippen LogP contribution in [0.2, 0.25) is 5.02 Å². The molecule has 0 spiro atoms. The van der Waals surface area contributed by atoms with Gasteiger partial charge in [-0.3, -0.25) is 0 Å². The van der Waals surface area contributed by atoms with Gasteiger partial charge in [-0.2, -0.15) is 0 Å². The van der Waals surface area contributed by atoms with Crippen LogP contribution in [0.25, 0.3) is 0 Å². The highest BCUT2D eigenvalue weighted by atomic mass is 35.5. The van der Waals surface area contributed by atoms with Crippen LogP contribution in [0.5, 0.6) is 0 Å². The number of benzene rings is 1. The molecule has 0 aliphatic heterocycles. The quantitative estimate of drug-likeness (QED) is 0.907. The molecule has 1 aliphatic rings. The SMILES string of the molecule is O=S(=O)(NC1CCCC1)c1cccc(Cl)c1. The molecule has 1 fully saturated rings. The van der Waals surface area contributed by atoms with Crippen molar-refractivity contribution in [2.45, 2.75) is 36.6 Å². The van der Waals surface area contributed by atoms with Gasteiger partial charge in [-0.1, -0.05) is 30.5 Å². The van der Waals surface area contributed by atoms with Crippen molar-refractivity contribution in [1.82, 2.24) is 4.72 Å². The Labute approximate surface area is 101 Å². The third kappa shape index (κ3) is 2.75. The van der Waals surface area contributed by atoms with Crippen molar-refractivity contribution < 1.29 is 8.42 Å². The summed E-state index contributed by atoms with van der Waals surface area (Å²) in [6, 6.07) is 6.42. The van der Waals surface area contributed by atoms with Crippen LogP contribution in [0.3, 0.4) is 0 Å². The number of hydrogen-bond donors (Lipinski definition) is 1. The lowest BCUT2D eigenvalue weighted by Crippen LogP contribution is -2.32. The molecule has 2 rings (SSSR count). The lowest BCUT2D eigenvalue weighted by Gasteiger charge is -2.12. The monoisotopic (exact) mass is 259 g/mol. The molecular weight excluding hydrogens is 246 g/mol. The summed E-state index contributed by atoms with van der Waals surface area (Å²) in [5, 5.41) is 0.439. The molecule has 0 aromatic heterocycles. The normalized spacial score (nSPS) is 17.8. The first kappa shape index (κ1) is 11.9. The first-order valence-corrected chi connectivity index (χ1v) is 7.22. The Morgan fingerprint density at radius 3 is 2.56 bits per heavy atom. The minimum atomic E-state index is -3.40. The molecule has 3 nitrogen and oxygen atoms in total. The molecule has 0 amide bonds. The van der Waals surface area contributed by atoms with E-state index in [9.17, 15) is 8.42 Å². The molecule has 0 saturated heterocycles. The minimum absolute atomic E-state index is 0.0870. The van der Waals surface area contributed by atoms with E-state index in [2.05, 4.69) is 4.72 Å². The fraction of sp³-hybridized carbons (Fsp3) is 0.455. The van der Waals surface area contributed by atoms with Gasteiger partial charge in [-0.25, -0.2) is 13.1 Å². The molecule has 1 aromatic carbocycles. The standard InChI is InChI=1S/C11H14ClNO2S/c12-9-4-3-7-11(8-9)16(14,15)13-10-5-1-2-6-10/h3-4,7-8,10,13H,1-2,5-6H2. The summed E-state index contributed by atoms with van der Waals surface area (Å²) in [6.45, 7) is 0. The molecule has 0 atom stereocenters. The highest BCUT2D eigenvalue weighted by Gasteiger charge is 2.22. The molecule has 1 aliphatic carbocycles. The fourth-order valence-electron chi connectivity index (χ4n) is 1.97. The second kappa shape index (κ2) is 4.73. The van der Waals surface area contributed by atoms with E-state index in [-0.39, 0.29) is 10.9 Å². The third-order valence-electron chi connectivity index (χ3n) is 2.78. The molecule has 1 saturated carbocycles. The van der Waals surface area contributed by atoms with Gasteiger partial charge in [0.1, 0.15) is 0 Å². The third-order valence-corrected chi connectivity index (χ3v) is 4.54. The Kier molecular flexibility index (Phi) is 3.52. The maximum Gasteiger partial charge on any atom is 0.240 e. The Morgan fingerprint density at radius 2 is 1.94 bits per heavy atom. The molecule has 1 aromatic rings. The van der Waals surface area contributed by atoms with Crippen molar-refractivity contribution in [3.8, 4) is 0 Å². The smallest absolute Gasteiger partial charge is 0.208 e. The van der Waals surface area contributed by atoms with E-state index in [1.807, 2.05) is 0 Å². The van der Waals surface area contributed by atoms with E-state index >= 15 is 0 Å². The first-order valence-electron chi connectivity index (χ1n) is 5.36. The van der Waals surface area contributed by atoms with Gasteiger partial charge in [-0.05, 0) is 31.0 Å². The average molecular weight is 260 g/mol. The van der Waals surface area contributed by atoms with Crippen molar-refractivity contribution in [2.24, 2.45) is 0 Å². The average Bonchev–Trinajstić information content (AvgIpc) is 2.70. The molecular formula is C11H14ClNO2S. The Morgan fingerprint density at radius 1 is 1.25 bits per heavy atom. The van der Waals surface area contributed by atoms with Crippen molar-refractivity contribution in [1.29, 1.82) is 0 Å². The topological polar surface area (TPSA) is 46.2 Å². The van der Waals surface area contributed by atoms with Gasteiger partial charge < -0.3 is 0 Å². The molecule has 0 heterocycles. The van der Waals surface area contributed by atoms with Crippen molar-refractivity contribution in [3.05, 3.63) is 29.3 Å². The highest BCUT2D eigenvalue weighted by Crippen LogP contribution is 2.21. The Hall–Kier alpha value is -0.580.